The number of nitrogens with zero attached hydrogens (tertiary/aromatic N) is 2. The van der Waals surface area contributed by atoms with Gasteiger partial charge in [-0.1, -0.05) is 29.3 Å². The molecule has 114 valence electrons. The van der Waals surface area contributed by atoms with Crippen LogP contribution in [0, 0.1) is 0 Å². The van der Waals surface area contributed by atoms with Gasteiger partial charge in [0, 0.05) is 27.1 Å². The molecule has 1 heterocycles. The van der Waals surface area contributed by atoms with E-state index in [1.165, 1.54) is 11.8 Å². The minimum Gasteiger partial charge on any atom is -0.365 e. The molecular formula is C14H16Cl2N2O3. The van der Waals surface area contributed by atoms with Gasteiger partial charge in [0.05, 0.1) is 21.8 Å². The van der Waals surface area contributed by atoms with Crippen LogP contribution in [-0.2, 0) is 14.3 Å². The van der Waals surface area contributed by atoms with Gasteiger partial charge in [-0.25, -0.2) is 0 Å². The zero-order valence-corrected chi connectivity index (χ0v) is 13.3. The number of para-hydroxylation sites is 1. The minimum absolute atomic E-state index is 0.0149. The fourth-order valence-electron chi connectivity index (χ4n) is 2.02. The molecule has 0 N–H and O–H groups in total. The Balaban J connectivity index is 1.88. The van der Waals surface area contributed by atoms with E-state index < -0.39 is 0 Å². The molecule has 0 unspecified atom stereocenters. The molecule has 0 radical (unpaired) electrons. The molecule has 1 aromatic rings. The number of carbonyl (C=O) groups excluding carboxylic acids is 2. The maximum Gasteiger partial charge on any atom is 0.252 e. The second kappa shape index (κ2) is 6.64. The summed E-state index contributed by atoms with van der Waals surface area (Å²) >= 11 is 12.1. The number of likely N-dealkylation sites (N-methyl/N-ethyl adjacent to an activating group) is 1. The van der Waals surface area contributed by atoms with Crippen molar-refractivity contribution in [3.8, 4) is 0 Å². The van der Waals surface area contributed by atoms with Gasteiger partial charge in [0.15, 0.2) is 0 Å². The molecule has 1 saturated heterocycles. The zero-order chi connectivity index (χ0) is 15.6. The SMILES string of the molecule is CC(=O)N1CC(OCC(=O)N(C)c2c(Cl)cccc2Cl)C1. The first-order valence-electron chi connectivity index (χ1n) is 6.48. The van der Waals surface area contributed by atoms with E-state index in [4.69, 9.17) is 27.9 Å². The van der Waals surface area contributed by atoms with Crippen LogP contribution in [0.2, 0.25) is 10.0 Å². The van der Waals surface area contributed by atoms with Gasteiger partial charge < -0.3 is 14.5 Å². The number of amides is 2. The first-order chi connectivity index (χ1) is 9.90. The van der Waals surface area contributed by atoms with E-state index in [0.29, 0.717) is 28.8 Å². The van der Waals surface area contributed by atoms with Crippen molar-refractivity contribution in [3.63, 3.8) is 0 Å². The fourth-order valence-corrected chi connectivity index (χ4v) is 2.67. The molecule has 0 atom stereocenters. The lowest BCUT2D eigenvalue weighted by molar-refractivity contribution is -0.145. The Kier molecular flexibility index (Phi) is 5.08. The predicted molar refractivity (Wildman–Crippen MR) is 81.9 cm³/mol. The van der Waals surface area contributed by atoms with E-state index >= 15 is 0 Å². The first-order valence-corrected chi connectivity index (χ1v) is 7.23. The monoisotopic (exact) mass is 330 g/mol. The maximum absolute atomic E-state index is 12.1. The van der Waals surface area contributed by atoms with Crippen LogP contribution in [-0.4, -0.2) is 49.6 Å². The van der Waals surface area contributed by atoms with Gasteiger partial charge in [-0.3, -0.25) is 9.59 Å². The fraction of sp³-hybridized carbons (Fsp3) is 0.429. The maximum atomic E-state index is 12.1. The molecule has 21 heavy (non-hydrogen) atoms. The summed E-state index contributed by atoms with van der Waals surface area (Å²) in [5.74, 6) is -0.229. The van der Waals surface area contributed by atoms with Crippen molar-refractivity contribution in [1.29, 1.82) is 0 Å². The average Bonchev–Trinajstić information content (AvgIpc) is 2.35. The highest BCUT2D eigenvalue weighted by molar-refractivity contribution is 6.39. The highest BCUT2D eigenvalue weighted by Gasteiger charge is 2.30. The quantitative estimate of drug-likeness (QED) is 0.850. The number of hydrogen-bond acceptors (Lipinski definition) is 3. The molecule has 0 aromatic heterocycles. The Labute approximate surface area is 133 Å². The van der Waals surface area contributed by atoms with E-state index in [9.17, 15) is 9.59 Å². The van der Waals surface area contributed by atoms with Gasteiger partial charge in [-0.2, -0.15) is 0 Å². The third-order valence-electron chi connectivity index (χ3n) is 3.38. The average molecular weight is 331 g/mol. The molecular weight excluding hydrogens is 315 g/mol. The normalized spacial score (nSPS) is 14.8. The third-order valence-corrected chi connectivity index (χ3v) is 3.99. The van der Waals surface area contributed by atoms with Crippen LogP contribution in [0.1, 0.15) is 6.92 Å². The Morgan fingerprint density at radius 1 is 1.33 bits per heavy atom. The van der Waals surface area contributed by atoms with Gasteiger partial charge >= 0.3 is 0 Å². The molecule has 2 amide bonds. The zero-order valence-electron chi connectivity index (χ0n) is 11.8. The number of hydrogen-bond donors (Lipinski definition) is 0. The van der Waals surface area contributed by atoms with Crippen molar-refractivity contribution < 1.29 is 14.3 Å². The van der Waals surface area contributed by atoms with Crippen LogP contribution in [0.25, 0.3) is 0 Å². The molecule has 5 nitrogen and oxygen atoms in total. The molecule has 1 fully saturated rings. The Hall–Kier alpha value is -1.30. The van der Waals surface area contributed by atoms with E-state index in [0.717, 1.165) is 0 Å². The summed E-state index contributed by atoms with van der Waals surface area (Å²) in [4.78, 5) is 26.2. The van der Waals surface area contributed by atoms with E-state index in [1.807, 2.05) is 0 Å². The largest absolute Gasteiger partial charge is 0.365 e. The molecule has 1 aliphatic rings. The van der Waals surface area contributed by atoms with E-state index in [1.54, 1.807) is 30.1 Å². The molecule has 0 aliphatic carbocycles. The smallest absolute Gasteiger partial charge is 0.252 e. The first kappa shape index (κ1) is 16.1. The van der Waals surface area contributed by atoms with Gasteiger partial charge in [0.1, 0.15) is 6.61 Å². The number of anilines is 1. The summed E-state index contributed by atoms with van der Waals surface area (Å²) in [5, 5.41) is 0.814. The standard InChI is InChI=1S/C14H16Cl2N2O3/c1-9(19)18-6-10(7-18)21-8-13(20)17(2)14-11(15)4-3-5-12(14)16/h3-5,10H,6-8H2,1-2H3. The number of carbonyl (C=O) groups is 2. The van der Waals surface area contributed by atoms with E-state index in [-0.39, 0.29) is 24.5 Å². The van der Waals surface area contributed by atoms with Gasteiger partial charge in [-0.15, -0.1) is 0 Å². The molecule has 0 saturated carbocycles. The summed E-state index contributed by atoms with van der Waals surface area (Å²) < 4.78 is 5.47. The Bertz CT molecular complexity index is 539. The van der Waals surface area contributed by atoms with Crippen molar-refractivity contribution in [2.75, 3.05) is 31.6 Å². The molecule has 7 heteroatoms. The van der Waals surface area contributed by atoms with Crippen molar-refractivity contribution >= 4 is 40.7 Å². The van der Waals surface area contributed by atoms with Crippen molar-refractivity contribution in [2.45, 2.75) is 13.0 Å². The highest BCUT2D eigenvalue weighted by atomic mass is 35.5. The van der Waals surface area contributed by atoms with Gasteiger partial charge in [-0.05, 0) is 12.1 Å². The van der Waals surface area contributed by atoms with Crippen molar-refractivity contribution in [3.05, 3.63) is 28.2 Å². The van der Waals surface area contributed by atoms with Gasteiger partial charge in [0.2, 0.25) is 5.91 Å². The molecule has 1 aromatic carbocycles. The number of likely N-dealkylation sites (tertiary alicyclic amines) is 1. The van der Waals surface area contributed by atoms with Crippen LogP contribution >= 0.6 is 23.2 Å². The predicted octanol–water partition coefficient (Wildman–Crippen LogP) is 2.20. The lowest BCUT2D eigenvalue weighted by Crippen LogP contribution is -2.54. The van der Waals surface area contributed by atoms with E-state index in [2.05, 4.69) is 0 Å². The molecule has 0 bridgehead atoms. The Morgan fingerprint density at radius 2 is 1.90 bits per heavy atom. The summed E-state index contributed by atoms with van der Waals surface area (Å²) in [5.41, 5.74) is 0.466. The van der Waals surface area contributed by atoms with Crippen LogP contribution in [0.4, 0.5) is 5.69 Å². The number of benzene rings is 1. The molecule has 0 spiro atoms. The van der Waals surface area contributed by atoms with Gasteiger partial charge in [0.25, 0.3) is 5.91 Å². The topological polar surface area (TPSA) is 49.9 Å². The minimum atomic E-state index is -0.244. The van der Waals surface area contributed by atoms with Crippen LogP contribution < -0.4 is 4.90 Å². The summed E-state index contributed by atoms with van der Waals surface area (Å²) in [6, 6.07) is 5.06. The summed E-state index contributed by atoms with van der Waals surface area (Å²) in [6.07, 6.45) is -0.0898. The van der Waals surface area contributed by atoms with Crippen LogP contribution in [0.15, 0.2) is 18.2 Å². The second-order valence-corrected chi connectivity index (χ2v) is 5.69. The lowest BCUT2D eigenvalue weighted by atomic mass is 10.2. The molecule has 1 aliphatic heterocycles. The summed E-state index contributed by atoms with van der Waals surface area (Å²) in [7, 11) is 1.60. The number of halogens is 2. The van der Waals surface area contributed by atoms with Crippen molar-refractivity contribution in [2.24, 2.45) is 0 Å². The third kappa shape index (κ3) is 3.67. The van der Waals surface area contributed by atoms with Crippen LogP contribution in [0.3, 0.4) is 0 Å². The van der Waals surface area contributed by atoms with Crippen molar-refractivity contribution in [1.82, 2.24) is 4.90 Å². The lowest BCUT2D eigenvalue weighted by Gasteiger charge is -2.38. The highest BCUT2D eigenvalue weighted by Crippen LogP contribution is 2.32. The number of rotatable bonds is 4. The number of ether oxygens (including phenoxy) is 1. The summed E-state index contributed by atoms with van der Waals surface area (Å²) in [6.45, 7) is 2.49. The Morgan fingerprint density at radius 3 is 2.43 bits per heavy atom. The molecule has 2 rings (SSSR count). The second-order valence-electron chi connectivity index (χ2n) is 4.88. The van der Waals surface area contributed by atoms with Crippen LogP contribution in [0.5, 0.6) is 0 Å².